The molecule has 30 heavy (non-hydrogen) atoms. The monoisotopic (exact) mass is 423 g/mol. The minimum absolute atomic E-state index is 0.0460. The molecule has 2 N–H and O–H groups in total. The number of hydrogen-bond acceptors (Lipinski definition) is 5. The van der Waals surface area contributed by atoms with Gasteiger partial charge in [0.05, 0.1) is 10.6 Å². The van der Waals surface area contributed by atoms with Gasteiger partial charge in [-0.05, 0) is 67.9 Å². The molecule has 1 fully saturated rings. The summed E-state index contributed by atoms with van der Waals surface area (Å²) >= 11 is 1.38. The fourth-order valence-corrected chi connectivity index (χ4v) is 3.92. The fraction of sp³-hybridized carbons (Fsp3) is 0.261. The van der Waals surface area contributed by atoms with Gasteiger partial charge in [0.15, 0.2) is 11.8 Å². The third-order valence-electron chi connectivity index (χ3n) is 4.69. The first-order valence-corrected chi connectivity index (χ1v) is 10.6. The Morgan fingerprint density at radius 3 is 2.47 bits per heavy atom. The molecule has 1 atom stereocenters. The topological polar surface area (TPSA) is 85.0 Å². The predicted molar refractivity (Wildman–Crippen MR) is 122 cm³/mol. The van der Waals surface area contributed by atoms with Gasteiger partial charge in [-0.15, -0.1) is 0 Å². The molecule has 0 saturated carbocycles. The SMILES string of the molecule is CC[C@@H](C)N1C(=O)/C(=C\c2ccc(OCC(N)=O)cc2)SC1=Nc1ccc(C)cc1. The Morgan fingerprint density at radius 2 is 1.87 bits per heavy atom. The molecule has 0 bridgehead atoms. The average molecular weight is 424 g/mol. The van der Waals surface area contributed by atoms with E-state index in [0.29, 0.717) is 15.8 Å². The normalized spacial score (nSPS) is 17.6. The van der Waals surface area contributed by atoms with Gasteiger partial charge < -0.3 is 10.5 Å². The molecule has 3 rings (SSSR count). The van der Waals surface area contributed by atoms with Gasteiger partial charge in [-0.25, -0.2) is 4.99 Å². The van der Waals surface area contributed by atoms with Gasteiger partial charge in [0.2, 0.25) is 0 Å². The van der Waals surface area contributed by atoms with Gasteiger partial charge in [0.1, 0.15) is 5.75 Å². The number of hydrogen-bond donors (Lipinski definition) is 1. The van der Waals surface area contributed by atoms with Gasteiger partial charge in [0, 0.05) is 6.04 Å². The lowest BCUT2D eigenvalue weighted by Crippen LogP contribution is -2.36. The molecule has 1 heterocycles. The first-order chi connectivity index (χ1) is 14.4. The Morgan fingerprint density at radius 1 is 1.20 bits per heavy atom. The van der Waals surface area contributed by atoms with Crippen LogP contribution in [0, 0.1) is 6.92 Å². The Labute approximate surface area is 180 Å². The molecule has 0 aromatic heterocycles. The third kappa shape index (κ3) is 5.30. The summed E-state index contributed by atoms with van der Waals surface area (Å²) in [6, 6.07) is 15.1. The number of benzene rings is 2. The lowest BCUT2D eigenvalue weighted by molar-refractivity contribution is -0.123. The van der Waals surface area contributed by atoms with E-state index in [9.17, 15) is 9.59 Å². The molecule has 7 heteroatoms. The van der Waals surface area contributed by atoms with Crippen molar-refractivity contribution < 1.29 is 14.3 Å². The number of thioether (sulfide) groups is 1. The van der Waals surface area contributed by atoms with Crippen LogP contribution in [0.3, 0.4) is 0 Å². The second-order valence-electron chi connectivity index (χ2n) is 7.10. The zero-order chi connectivity index (χ0) is 21.7. The lowest BCUT2D eigenvalue weighted by atomic mass is 10.2. The van der Waals surface area contributed by atoms with Crippen LogP contribution in [-0.4, -0.2) is 34.5 Å². The molecule has 1 aliphatic heterocycles. The minimum Gasteiger partial charge on any atom is -0.484 e. The first kappa shape index (κ1) is 21.6. The van der Waals surface area contributed by atoms with E-state index in [1.807, 2.05) is 56.3 Å². The van der Waals surface area contributed by atoms with Gasteiger partial charge in [-0.1, -0.05) is 36.8 Å². The van der Waals surface area contributed by atoms with Crippen molar-refractivity contribution in [2.24, 2.45) is 10.7 Å². The Balaban J connectivity index is 1.85. The van der Waals surface area contributed by atoms with E-state index < -0.39 is 5.91 Å². The number of ether oxygens (including phenoxy) is 1. The molecular weight excluding hydrogens is 398 g/mol. The molecule has 0 radical (unpaired) electrons. The van der Waals surface area contributed by atoms with Crippen LogP contribution in [0.1, 0.15) is 31.4 Å². The Kier molecular flexibility index (Phi) is 6.95. The van der Waals surface area contributed by atoms with Gasteiger partial charge in [0.25, 0.3) is 11.8 Å². The number of amides is 2. The molecule has 2 amide bonds. The summed E-state index contributed by atoms with van der Waals surface area (Å²) in [5.41, 5.74) is 7.93. The maximum atomic E-state index is 13.1. The lowest BCUT2D eigenvalue weighted by Gasteiger charge is -2.22. The fourth-order valence-electron chi connectivity index (χ4n) is 2.83. The Bertz CT molecular complexity index is 982. The first-order valence-electron chi connectivity index (χ1n) is 9.77. The van der Waals surface area contributed by atoms with Crippen molar-refractivity contribution in [2.75, 3.05) is 6.61 Å². The Hall–Kier alpha value is -3.06. The molecule has 0 unspecified atom stereocenters. The van der Waals surface area contributed by atoms with E-state index in [1.54, 1.807) is 17.0 Å². The van der Waals surface area contributed by atoms with Crippen molar-refractivity contribution in [3.8, 4) is 5.75 Å². The van der Waals surface area contributed by atoms with Crippen molar-refractivity contribution in [3.63, 3.8) is 0 Å². The molecule has 1 saturated heterocycles. The zero-order valence-corrected chi connectivity index (χ0v) is 18.1. The van der Waals surface area contributed by atoms with E-state index >= 15 is 0 Å². The second kappa shape index (κ2) is 9.63. The van der Waals surface area contributed by atoms with Gasteiger partial charge in [-0.2, -0.15) is 0 Å². The van der Waals surface area contributed by atoms with Crippen LogP contribution in [0.4, 0.5) is 5.69 Å². The van der Waals surface area contributed by atoms with Crippen molar-refractivity contribution >= 4 is 40.5 Å². The van der Waals surface area contributed by atoms with Gasteiger partial charge in [-0.3, -0.25) is 14.5 Å². The molecule has 2 aromatic rings. The highest BCUT2D eigenvalue weighted by atomic mass is 32.2. The number of nitrogens with zero attached hydrogens (tertiary/aromatic N) is 2. The number of aliphatic imine (C=N–C) groups is 1. The number of aryl methyl sites for hydroxylation is 1. The number of rotatable bonds is 7. The van der Waals surface area contributed by atoms with Crippen LogP contribution in [-0.2, 0) is 9.59 Å². The molecule has 2 aromatic carbocycles. The number of nitrogens with two attached hydrogens (primary N) is 1. The van der Waals surface area contributed by atoms with Crippen molar-refractivity contribution in [1.82, 2.24) is 4.90 Å². The maximum absolute atomic E-state index is 13.1. The second-order valence-corrected chi connectivity index (χ2v) is 8.11. The molecule has 1 aliphatic rings. The van der Waals surface area contributed by atoms with Crippen LogP contribution in [0.5, 0.6) is 5.75 Å². The van der Waals surface area contributed by atoms with Crippen LogP contribution in [0.2, 0.25) is 0 Å². The summed E-state index contributed by atoms with van der Waals surface area (Å²) in [6.45, 7) is 5.94. The summed E-state index contributed by atoms with van der Waals surface area (Å²) < 4.78 is 5.27. The molecule has 156 valence electrons. The van der Waals surface area contributed by atoms with Crippen molar-refractivity contribution in [3.05, 3.63) is 64.6 Å². The van der Waals surface area contributed by atoms with Crippen LogP contribution < -0.4 is 10.5 Å². The van der Waals surface area contributed by atoms with E-state index in [2.05, 4.69) is 6.92 Å². The van der Waals surface area contributed by atoms with Gasteiger partial charge >= 0.3 is 0 Å². The van der Waals surface area contributed by atoms with E-state index in [-0.39, 0.29) is 18.6 Å². The molecule has 0 aliphatic carbocycles. The summed E-state index contributed by atoms with van der Waals surface area (Å²) in [7, 11) is 0. The maximum Gasteiger partial charge on any atom is 0.266 e. The highest BCUT2D eigenvalue weighted by Crippen LogP contribution is 2.36. The van der Waals surface area contributed by atoms with Crippen LogP contribution >= 0.6 is 11.8 Å². The highest BCUT2D eigenvalue weighted by Gasteiger charge is 2.36. The number of primary amides is 1. The molecular formula is C23H25N3O3S. The van der Waals surface area contributed by atoms with Crippen LogP contribution in [0.25, 0.3) is 6.08 Å². The van der Waals surface area contributed by atoms with E-state index in [0.717, 1.165) is 23.2 Å². The summed E-state index contributed by atoms with van der Waals surface area (Å²) in [4.78, 5) is 31.0. The molecule has 0 spiro atoms. The zero-order valence-electron chi connectivity index (χ0n) is 17.3. The third-order valence-corrected chi connectivity index (χ3v) is 5.67. The number of amidine groups is 1. The van der Waals surface area contributed by atoms with Crippen molar-refractivity contribution in [1.29, 1.82) is 0 Å². The van der Waals surface area contributed by atoms with Crippen molar-refractivity contribution in [2.45, 2.75) is 33.2 Å². The van der Waals surface area contributed by atoms with E-state index in [1.165, 1.54) is 11.8 Å². The standard InChI is InChI=1S/C23H25N3O3S/c1-4-16(3)26-22(28)20(30-23(26)25-18-9-5-15(2)6-10-18)13-17-7-11-19(12-8-17)29-14-21(24)27/h5-13,16H,4,14H2,1-3H3,(H2,24,27)/b20-13+,25-23?/t16-/m1/s1. The summed E-state index contributed by atoms with van der Waals surface area (Å²) in [6.07, 6.45) is 2.68. The quantitative estimate of drug-likeness (QED) is 0.674. The van der Waals surface area contributed by atoms with E-state index in [4.69, 9.17) is 15.5 Å². The highest BCUT2D eigenvalue weighted by molar-refractivity contribution is 8.18. The predicted octanol–water partition coefficient (Wildman–Crippen LogP) is 4.26. The molecule has 6 nitrogen and oxygen atoms in total. The number of carbonyl (C=O) groups is 2. The number of carbonyl (C=O) groups excluding carboxylic acids is 2. The minimum atomic E-state index is -0.528. The summed E-state index contributed by atoms with van der Waals surface area (Å²) in [5.74, 6) is -0.0295. The smallest absolute Gasteiger partial charge is 0.266 e. The average Bonchev–Trinajstić information content (AvgIpc) is 3.03. The largest absolute Gasteiger partial charge is 0.484 e. The van der Waals surface area contributed by atoms with Crippen LogP contribution in [0.15, 0.2) is 58.4 Å². The summed E-state index contributed by atoms with van der Waals surface area (Å²) in [5, 5.41) is 0.686.